The molecule has 0 spiro atoms. The Hall–Kier alpha value is -0.610. The molecular weight excluding hydrogens is 134 g/mol. The van der Waals surface area contributed by atoms with Crippen molar-refractivity contribution in [3.8, 4) is 0 Å². The number of carbonyl (C=O) groups excluding carboxylic acids is 1. The standard InChI is InChI=1S/C6H11NO3/c1-9-6(8)5(7)4-2-3-10-4/h4-5H,2-3,7H2,1H3. The summed E-state index contributed by atoms with van der Waals surface area (Å²) in [6.45, 7) is 0.704. The molecule has 1 saturated heterocycles. The quantitative estimate of drug-likeness (QED) is 0.521. The van der Waals surface area contributed by atoms with E-state index in [4.69, 9.17) is 10.5 Å². The van der Waals surface area contributed by atoms with Crippen LogP contribution in [0.5, 0.6) is 0 Å². The summed E-state index contributed by atoms with van der Waals surface area (Å²) in [5.74, 6) is -0.398. The predicted octanol–water partition coefficient (Wildman–Crippen LogP) is -0.724. The smallest absolute Gasteiger partial charge is 0.325 e. The molecule has 1 fully saturated rings. The Bertz CT molecular complexity index is 133. The summed E-state index contributed by atoms with van der Waals surface area (Å²) in [4.78, 5) is 10.7. The van der Waals surface area contributed by atoms with Crippen LogP contribution in [0.4, 0.5) is 0 Å². The van der Waals surface area contributed by atoms with Crippen LogP contribution in [-0.2, 0) is 14.3 Å². The van der Waals surface area contributed by atoms with E-state index in [1.807, 2.05) is 0 Å². The van der Waals surface area contributed by atoms with Crippen LogP contribution in [0.25, 0.3) is 0 Å². The van der Waals surface area contributed by atoms with E-state index in [1.165, 1.54) is 7.11 Å². The Morgan fingerprint density at radius 3 is 2.80 bits per heavy atom. The highest BCUT2D eigenvalue weighted by molar-refractivity contribution is 5.76. The molecule has 0 aromatic heterocycles. The van der Waals surface area contributed by atoms with E-state index in [0.29, 0.717) is 6.61 Å². The first-order valence-electron chi connectivity index (χ1n) is 3.20. The van der Waals surface area contributed by atoms with E-state index >= 15 is 0 Å². The number of ether oxygens (including phenoxy) is 2. The zero-order valence-electron chi connectivity index (χ0n) is 5.87. The minimum Gasteiger partial charge on any atom is -0.468 e. The van der Waals surface area contributed by atoms with E-state index < -0.39 is 12.0 Å². The number of hydrogen-bond donors (Lipinski definition) is 1. The predicted molar refractivity (Wildman–Crippen MR) is 34.3 cm³/mol. The fourth-order valence-electron chi connectivity index (χ4n) is 0.825. The SMILES string of the molecule is COC(=O)C(N)C1CCO1. The lowest BCUT2D eigenvalue weighted by molar-refractivity contribution is -0.151. The lowest BCUT2D eigenvalue weighted by Gasteiger charge is -2.29. The fourth-order valence-corrected chi connectivity index (χ4v) is 0.825. The van der Waals surface area contributed by atoms with Crippen LogP contribution >= 0.6 is 0 Å². The summed E-state index contributed by atoms with van der Waals surface area (Å²) < 4.78 is 9.41. The summed E-state index contributed by atoms with van der Waals surface area (Å²) in [5.41, 5.74) is 5.43. The second-order valence-corrected chi connectivity index (χ2v) is 2.25. The Morgan fingerprint density at radius 1 is 1.90 bits per heavy atom. The van der Waals surface area contributed by atoms with Gasteiger partial charge < -0.3 is 15.2 Å². The van der Waals surface area contributed by atoms with E-state index in [0.717, 1.165) is 6.42 Å². The Kier molecular flexibility index (Phi) is 2.24. The number of rotatable bonds is 2. The van der Waals surface area contributed by atoms with Crippen LogP contribution in [-0.4, -0.2) is 31.8 Å². The van der Waals surface area contributed by atoms with Crippen molar-refractivity contribution in [3.05, 3.63) is 0 Å². The number of esters is 1. The first-order chi connectivity index (χ1) is 4.75. The molecule has 0 amide bonds. The summed E-state index contributed by atoms with van der Waals surface area (Å²) >= 11 is 0. The summed E-state index contributed by atoms with van der Waals surface area (Å²) in [5, 5.41) is 0. The molecule has 4 heteroatoms. The second-order valence-electron chi connectivity index (χ2n) is 2.25. The molecule has 0 aromatic rings. The molecule has 1 aliphatic heterocycles. The Labute approximate surface area is 59.3 Å². The molecule has 2 atom stereocenters. The molecular formula is C6H11NO3. The molecule has 0 saturated carbocycles. The molecule has 0 aliphatic carbocycles. The molecule has 1 heterocycles. The first-order valence-corrected chi connectivity index (χ1v) is 3.20. The zero-order chi connectivity index (χ0) is 7.56. The molecule has 0 aromatic carbocycles. The first kappa shape index (κ1) is 7.50. The average molecular weight is 145 g/mol. The van der Waals surface area contributed by atoms with Gasteiger partial charge in [-0.1, -0.05) is 0 Å². The fraction of sp³-hybridized carbons (Fsp3) is 0.833. The van der Waals surface area contributed by atoms with Crippen molar-refractivity contribution >= 4 is 5.97 Å². The van der Waals surface area contributed by atoms with Crippen molar-refractivity contribution in [1.82, 2.24) is 0 Å². The zero-order valence-corrected chi connectivity index (χ0v) is 5.87. The molecule has 58 valence electrons. The lowest BCUT2D eigenvalue weighted by atomic mass is 10.1. The van der Waals surface area contributed by atoms with Gasteiger partial charge in [0.25, 0.3) is 0 Å². The molecule has 0 bridgehead atoms. The number of hydrogen-bond acceptors (Lipinski definition) is 4. The monoisotopic (exact) mass is 145 g/mol. The summed E-state index contributed by atoms with van der Waals surface area (Å²) in [6, 6.07) is -0.598. The van der Waals surface area contributed by atoms with Crippen LogP contribution in [0.1, 0.15) is 6.42 Å². The van der Waals surface area contributed by atoms with Gasteiger partial charge in [-0.15, -0.1) is 0 Å². The van der Waals surface area contributed by atoms with E-state index in [1.54, 1.807) is 0 Å². The van der Waals surface area contributed by atoms with Crippen LogP contribution in [0, 0.1) is 0 Å². The molecule has 1 aliphatic rings. The van der Waals surface area contributed by atoms with E-state index in [2.05, 4.69) is 4.74 Å². The molecule has 4 nitrogen and oxygen atoms in total. The third kappa shape index (κ3) is 1.27. The second kappa shape index (κ2) is 2.98. The van der Waals surface area contributed by atoms with Crippen molar-refractivity contribution in [2.45, 2.75) is 18.6 Å². The Balaban J connectivity index is 2.31. The minimum absolute atomic E-state index is 0.118. The maximum Gasteiger partial charge on any atom is 0.325 e. The largest absolute Gasteiger partial charge is 0.468 e. The normalized spacial score (nSPS) is 26.8. The third-order valence-corrected chi connectivity index (χ3v) is 1.61. The van der Waals surface area contributed by atoms with Gasteiger partial charge in [0.1, 0.15) is 6.04 Å². The maximum atomic E-state index is 10.7. The molecule has 0 radical (unpaired) electrons. The highest BCUT2D eigenvalue weighted by atomic mass is 16.5. The highest BCUT2D eigenvalue weighted by Crippen LogP contribution is 2.14. The van der Waals surface area contributed by atoms with E-state index in [9.17, 15) is 4.79 Å². The third-order valence-electron chi connectivity index (χ3n) is 1.61. The Morgan fingerprint density at radius 2 is 2.50 bits per heavy atom. The van der Waals surface area contributed by atoms with Gasteiger partial charge in [0.2, 0.25) is 0 Å². The van der Waals surface area contributed by atoms with Gasteiger partial charge in [-0.2, -0.15) is 0 Å². The van der Waals surface area contributed by atoms with Crippen molar-refractivity contribution < 1.29 is 14.3 Å². The van der Waals surface area contributed by atoms with Crippen molar-refractivity contribution in [2.75, 3.05) is 13.7 Å². The van der Waals surface area contributed by atoms with Crippen LogP contribution in [0.2, 0.25) is 0 Å². The van der Waals surface area contributed by atoms with Crippen molar-refractivity contribution in [2.24, 2.45) is 5.73 Å². The molecule has 2 N–H and O–H groups in total. The van der Waals surface area contributed by atoms with Crippen LogP contribution < -0.4 is 5.73 Å². The average Bonchev–Trinajstić information content (AvgIpc) is 1.82. The van der Waals surface area contributed by atoms with Gasteiger partial charge in [0.05, 0.1) is 13.2 Å². The van der Waals surface area contributed by atoms with Gasteiger partial charge in [-0.3, -0.25) is 4.79 Å². The topological polar surface area (TPSA) is 61.5 Å². The van der Waals surface area contributed by atoms with Gasteiger partial charge in [0, 0.05) is 6.61 Å². The number of methoxy groups -OCH3 is 1. The summed E-state index contributed by atoms with van der Waals surface area (Å²) in [7, 11) is 1.32. The molecule has 1 rings (SSSR count). The summed E-state index contributed by atoms with van der Waals surface area (Å²) in [6.07, 6.45) is 0.739. The van der Waals surface area contributed by atoms with Crippen molar-refractivity contribution in [1.29, 1.82) is 0 Å². The van der Waals surface area contributed by atoms with Crippen LogP contribution in [0.3, 0.4) is 0 Å². The lowest BCUT2D eigenvalue weighted by Crippen LogP contribution is -2.49. The van der Waals surface area contributed by atoms with E-state index in [-0.39, 0.29) is 6.10 Å². The van der Waals surface area contributed by atoms with Crippen molar-refractivity contribution in [3.63, 3.8) is 0 Å². The number of nitrogens with two attached hydrogens (primary N) is 1. The van der Waals surface area contributed by atoms with Gasteiger partial charge >= 0.3 is 5.97 Å². The highest BCUT2D eigenvalue weighted by Gasteiger charge is 2.31. The van der Waals surface area contributed by atoms with Gasteiger partial charge in [-0.25, -0.2) is 0 Å². The van der Waals surface area contributed by atoms with Gasteiger partial charge in [-0.05, 0) is 6.42 Å². The molecule has 2 unspecified atom stereocenters. The maximum absolute atomic E-state index is 10.7. The molecule has 10 heavy (non-hydrogen) atoms. The van der Waals surface area contributed by atoms with Crippen LogP contribution in [0.15, 0.2) is 0 Å². The minimum atomic E-state index is -0.598. The number of carbonyl (C=O) groups is 1. The van der Waals surface area contributed by atoms with Gasteiger partial charge in [0.15, 0.2) is 0 Å².